The van der Waals surface area contributed by atoms with Crippen LogP contribution in [0.3, 0.4) is 0 Å². The van der Waals surface area contributed by atoms with Gasteiger partial charge in [-0.25, -0.2) is 8.42 Å². The SMILES string of the molecule is Cc1ccc(N([C@H](C)C(=O)NCCOc2ccccc2Cl)S(C)(=O)=O)cc1. The number of nitrogens with one attached hydrogen (secondary N) is 1. The van der Waals surface area contributed by atoms with Crippen LogP contribution in [0.5, 0.6) is 5.75 Å². The third-order valence-electron chi connectivity index (χ3n) is 3.87. The number of anilines is 1. The minimum atomic E-state index is -3.63. The summed E-state index contributed by atoms with van der Waals surface area (Å²) in [5.41, 5.74) is 1.44. The quantitative estimate of drug-likeness (QED) is 0.679. The van der Waals surface area contributed by atoms with Gasteiger partial charge in [0.25, 0.3) is 0 Å². The van der Waals surface area contributed by atoms with Gasteiger partial charge in [-0.2, -0.15) is 0 Å². The number of benzene rings is 2. The number of halogens is 1. The highest BCUT2D eigenvalue weighted by molar-refractivity contribution is 7.92. The van der Waals surface area contributed by atoms with E-state index in [4.69, 9.17) is 16.3 Å². The van der Waals surface area contributed by atoms with Crippen molar-refractivity contribution in [1.82, 2.24) is 5.32 Å². The average Bonchev–Trinajstić information content (AvgIpc) is 2.60. The first-order chi connectivity index (χ1) is 12.7. The van der Waals surface area contributed by atoms with Gasteiger partial charge in [0.05, 0.1) is 23.5 Å². The van der Waals surface area contributed by atoms with E-state index in [1.165, 1.54) is 0 Å². The van der Waals surface area contributed by atoms with Crippen molar-refractivity contribution in [1.29, 1.82) is 0 Å². The molecule has 1 amide bonds. The van der Waals surface area contributed by atoms with E-state index in [2.05, 4.69) is 5.32 Å². The van der Waals surface area contributed by atoms with Crippen LogP contribution in [0.2, 0.25) is 5.02 Å². The minimum absolute atomic E-state index is 0.214. The highest BCUT2D eigenvalue weighted by Gasteiger charge is 2.28. The molecule has 0 fully saturated rings. The monoisotopic (exact) mass is 410 g/mol. The van der Waals surface area contributed by atoms with Gasteiger partial charge in [0.2, 0.25) is 15.9 Å². The molecule has 0 aromatic heterocycles. The number of rotatable bonds is 8. The molecule has 8 heteroatoms. The lowest BCUT2D eigenvalue weighted by molar-refractivity contribution is -0.121. The van der Waals surface area contributed by atoms with Gasteiger partial charge in [-0.3, -0.25) is 9.10 Å². The van der Waals surface area contributed by atoms with Crippen molar-refractivity contribution in [3.05, 3.63) is 59.1 Å². The molecule has 0 saturated carbocycles. The lowest BCUT2D eigenvalue weighted by atomic mass is 10.2. The summed E-state index contributed by atoms with van der Waals surface area (Å²) in [7, 11) is -3.63. The molecule has 0 aliphatic rings. The largest absolute Gasteiger partial charge is 0.490 e. The third kappa shape index (κ3) is 5.87. The van der Waals surface area contributed by atoms with Gasteiger partial charge in [0, 0.05) is 0 Å². The van der Waals surface area contributed by atoms with Gasteiger partial charge in [0.15, 0.2) is 0 Å². The van der Waals surface area contributed by atoms with Gasteiger partial charge >= 0.3 is 0 Å². The molecule has 1 atom stereocenters. The van der Waals surface area contributed by atoms with E-state index < -0.39 is 22.0 Å². The molecule has 6 nitrogen and oxygen atoms in total. The molecular weight excluding hydrogens is 388 g/mol. The van der Waals surface area contributed by atoms with Gasteiger partial charge in [-0.1, -0.05) is 41.4 Å². The van der Waals surface area contributed by atoms with Crippen molar-refractivity contribution in [2.45, 2.75) is 19.9 Å². The van der Waals surface area contributed by atoms with Gasteiger partial charge in [0.1, 0.15) is 18.4 Å². The Morgan fingerprint density at radius 1 is 1.19 bits per heavy atom. The van der Waals surface area contributed by atoms with Crippen molar-refractivity contribution in [3.8, 4) is 5.75 Å². The molecule has 0 aliphatic carbocycles. The second-order valence-electron chi connectivity index (χ2n) is 6.14. The zero-order valence-corrected chi connectivity index (χ0v) is 17.0. The zero-order chi connectivity index (χ0) is 20.0. The first-order valence-electron chi connectivity index (χ1n) is 8.41. The van der Waals surface area contributed by atoms with Crippen molar-refractivity contribution in [2.24, 2.45) is 0 Å². The fourth-order valence-electron chi connectivity index (χ4n) is 2.55. The number of nitrogens with zero attached hydrogens (tertiary/aromatic N) is 1. The Bertz CT molecular complexity index is 885. The van der Waals surface area contributed by atoms with Crippen molar-refractivity contribution in [3.63, 3.8) is 0 Å². The lowest BCUT2D eigenvalue weighted by Crippen LogP contribution is -2.48. The van der Waals surface area contributed by atoms with E-state index in [1.54, 1.807) is 55.5 Å². The summed E-state index contributed by atoms with van der Waals surface area (Å²) in [5.74, 6) is 0.114. The van der Waals surface area contributed by atoms with Crippen LogP contribution in [0, 0.1) is 6.92 Å². The Labute approximate surface area is 165 Å². The zero-order valence-electron chi connectivity index (χ0n) is 15.5. The standard InChI is InChI=1S/C19H23ClN2O4S/c1-14-8-10-16(11-9-14)22(27(3,24)25)15(2)19(23)21-12-13-26-18-7-5-4-6-17(18)20/h4-11,15H,12-13H2,1-3H3,(H,21,23)/t15-/m1/s1. The summed E-state index contributed by atoms with van der Waals surface area (Å²) < 4.78 is 31.1. The highest BCUT2D eigenvalue weighted by Crippen LogP contribution is 2.23. The molecular formula is C19H23ClN2O4S. The molecule has 0 heterocycles. The summed E-state index contributed by atoms with van der Waals surface area (Å²) in [5, 5.41) is 3.18. The summed E-state index contributed by atoms with van der Waals surface area (Å²) in [4.78, 5) is 12.5. The van der Waals surface area contributed by atoms with Crippen LogP contribution in [0.1, 0.15) is 12.5 Å². The summed E-state index contributed by atoms with van der Waals surface area (Å²) in [6, 6.07) is 13.1. The molecule has 0 saturated heterocycles. The molecule has 2 aromatic rings. The van der Waals surface area contributed by atoms with E-state index in [9.17, 15) is 13.2 Å². The van der Waals surface area contributed by atoms with Crippen molar-refractivity contribution in [2.75, 3.05) is 23.7 Å². The number of carbonyl (C=O) groups excluding carboxylic acids is 1. The first-order valence-corrected chi connectivity index (χ1v) is 10.6. The molecule has 146 valence electrons. The van der Waals surface area contributed by atoms with Crippen LogP contribution in [0.15, 0.2) is 48.5 Å². The topological polar surface area (TPSA) is 75.7 Å². The molecule has 27 heavy (non-hydrogen) atoms. The summed E-state index contributed by atoms with van der Waals surface area (Å²) >= 11 is 6.00. The minimum Gasteiger partial charge on any atom is -0.490 e. The van der Waals surface area contributed by atoms with E-state index in [0.717, 1.165) is 16.1 Å². The molecule has 2 rings (SSSR count). The van der Waals surface area contributed by atoms with Crippen molar-refractivity contribution < 1.29 is 17.9 Å². The maximum atomic E-state index is 12.5. The number of ether oxygens (including phenoxy) is 1. The number of amides is 1. The Balaban J connectivity index is 1.98. The smallest absolute Gasteiger partial charge is 0.243 e. The fourth-order valence-corrected chi connectivity index (χ4v) is 3.91. The Morgan fingerprint density at radius 3 is 2.41 bits per heavy atom. The predicted molar refractivity (Wildman–Crippen MR) is 108 cm³/mol. The molecule has 0 aliphatic heterocycles. The van der Waals surface area contributed by atoms with E-state index in [1.807, 2.05) is 6.92 Å². The lowest BCUT2D eigenvalue weighted by Gasteiger charge is -2.28. The van der Waals surface area contributed by atoms with Gasteiger partial charge in [-0.15, -0.1) is 0 Å². The number of carbonyl (C=O) groups is 1. The molecule has 2 aromatic carbocycles. The molecule has 0 spiro atoms. The molecule has 0 radical (unpaired) electrons. The Kier molecular flexibility index (Phi) is 7.10. The van der Waals surface area contributed by atoms with Crippen LogP contribution < -0.4 is 14.4 Å². The first kappa shape index (κ1) is 21.1. The number of para-hydroxylation sites is 1. The van der Waals surface area contributed by atoms with Gasteiger partial charge in [-0.05, 0) is 38.1 Å². The van der Waals surface area contributed by atoms with E-state index >= 15 is 0 Å². The maximum Gasteiger partial charge on any atom is 0.243 e. The number of hydrogen-bond donors (Lipinski definition) is 1. The van der Waals surface area contributed by atoms with Crippen LogP contribution in [0.4, 0.5) is 5.69 Å². The molecule has 0 bridgehead atoms. The fraction of sp³-hybridized carbons (Fsp3) is 0.316. The number of sulfonamides is 1. The van der Waals surface area contributed by atoms with E-state index in [0.29, 0.717) is 16.5 Å². The summed E-state index contributed by atoms with van der Waals surface area (Å²) in [6.45, 7) is 3.89. The normalized spacial score (nSPS) is 12.3. The van der Waals surface area contributed by atoms with E-state index in [-0.39, 0.29) is 13.2 Å². The Morgan fingerprint density at radius 2 is 1.81 bits per heavy atom. The Hall–Kier alpha value is -2.25. The van der Waals surface area contributed by atoms with Crippen molar-refractivity contribution >= 4 is 33.2 Å². The third-order valence-corrected chi connectivity index (χ3v) is 5.43. The second kappa shape index (κ2) is 9.10. The molecule has 1 N–H and O–H groups in total. The average molecular weight is 411 g/mol. The predicted octanol–water partition coefficient (Wildman–Crippen LogP) is 3.00. The van der Waals surface area contributed by atoms with Crippen LogP contribution in [-0.2, 0) is 14.8 Å². The highest BCUT2D eigenvalue weighted by atomic mass is 35.5. The summed E-state index contributed by atoms with van der Waals surface area (Å²) in [6.07, 6.45) is 1.08. The maximum absolute atomic E-state index is 12.5. The number of aryl methyl sites for hydroxylation is 1. The van der Waals surface area contributed by atoms with Crippen LogP contribution >= 0.6 is 11.6 Å². The van der Waals surface area contributed by atoms with Crippen LogP contribution in [-0.4, -0.2) is 39.8 Å². The van der Waals surface area contributed by atoms with Gasteiger partial charge < -0.3 is 10.1 Å². The molecule has 0 unspecified atom stereocenters. The second-order valence-corrected chi connectivity index (χ2v) is 8.41. The van der Waals surface area contributed by atoms with Crippen LogP contribution in [0.25, 0.3) is 0 Å². The number of hydrogen-bond acceptors (Lipinski definition) is 4.